The van der Waals surface area contributed by atoms with Crippen molar-refractivity contribution in [3.63, 3.8) is 0 Å². The summed E-state index contributed by atoms with van der Waals surface area (Å²) in [6.07, 6.45) is 0. The van der Waals surface area contributed by atoms with Crippen LogP contribution >= 0.6 is 0 Å². The number of hydrogen-bond donors (Lipinski definition) is 0. The van der Waals surface area contributed by atoms with Gasteiger partial charge < -0.3 is 0 Å². The van der Waals surface area contributed by atoms with Crippen LogP contribution in [0.3, 0.4) is 0 Å². The molecule has 0 amide bonds. The van der Waals surface area contributed by atoms with Crippen LogP contribution in [0.25, 0.3) is 0 Å². The summed E-state index contributed by atoms with van der Waals surface area (Å²) in [5.74, 6) is 0. The van der Waals surface area contributed by atoms with E-state index in [1.165, 1.54) is 0 Å². The zero-order valence-electron chi connectivity index (χ0n) is 1.23. The van der Waals surface area contributed by atoms with Crippen molar-refractivity contribution in [1.82, 2.24) is 0 Å². The first-order valence-electron chi connectivity index (χ1n) is 0. The van der Waals surface area contributed by atoms with E-state index in [1.807, 2.05) is 0 Å². The Morgan fingerprint density at radius 1 is 0.500 bits per heavy atom. The van der Waals surface area contributed by atoms with Crippen LogP contribution in [-0.2, 0) is 61.3 Å². The average molecular weight is 488 g/mol. The van der Waals surface area contributed by atoms with Crippen LogP contribution in [0.1, 0.15) is 0 Å². The molecule has 0 aliphatic rings. The SMILES string of the molecule is [Pd].[Pd].[Pd].[Tm]. The molecule has 0 N–H and O–H groups in total. The molecule has 1 radical (unpaired) electrons. The molecule has 0 saturated carbocycles. The molecule has 0 fully saturated rings. The van der Waals surface area contributed by atoms with Crippen molar-refractivity contribution < 1.29 is 98.1 Å². The van der Waals surface area contributed by atoms with Crippen molar-refractivity contribution in [2.45, 2.75) is 0 Å². The summed E-state index contributed by atoms with van der Waals surface area (Å²) in [6, 6.07) is 0. The first-order valence-corrected chi connectivity index (χ1v) is 0. The molecule has 0 aromatic carbocycles. The topological polar surface area (TPSA) is 0 Å². The second-order valence-electron chi connectivity index (χ2n) is 0. The molecular formula is Pd3Tm. The van der Waals surface area contributed by atoms with E-state index in [2.05, 4.69) is 0 Å². The second-order valence-corrected chi connectivity index (χ2v) is 0. The number of hydrogen-bond acceptors (Lipinski definition) is 0. The maximum absolute atomic E-state index is 0. The molecule has 0 aromatic heterocycles. The molecule has 0 spiro atoms. The summed E-state index contributed by atoms with van der Waals surface area (Å²) in [5.41, 5.74) is 0. The van der Waals surface area contributed by atoms with E-state index in [1.54, 1.807) is 0 Å². The summed E-state index contributed by atoms with van der Waals surface area (Å²) in [4.78, 5) is 0. The Labute approximate surface area is 96.0 Å². The Kier molecular flexibility index (Phi) is 110. The van der Waals surface area contributed by atoms with Crippen molar-refractivity contribution in [3.8, 4) is 0 Å². The van der Waals surface area contributed by atoms with Crippen molar-refractivity contribution >= 4 is 0 Å². The largest absolute Gasteiger partial charge is 0 e. The molecule has 4 heteroatoms. The third-order valence-corrected chi connectivity index (χ3v) is 0. The van der Waals surface area contributed by atoms with Gasteiger partial charge in [0.25, 0.3) is 0 Å². The smallest absolute Gasteiger partial charge is 0 e. The molecule has 0 aromatic rings. The van der Waals surface area contributed by atoms with Gasteiger partial charge in [-0.05, 0) is 0 Å². The van der Waals surface area contributed by atoms with Crippen LogP contribution in [0, 0.1) is 36.9 Å². The van der Waals surface area contributed by atoms with Gasteiger partial charge in [0.05, 0.1) is 0 Å². The molecule has 0 rings (SSSR count). The van der Waals surface area contributed by atoms with E-state index in [-0.39, 0.29) is 98.1 Å². The van der Waals surface area contributed by atoms with Crippen LogP contribution in [0.15, 0.2) is 0 Å². The molecule has 0 unspecified atom stereocenters. The van der Waals surface area contributed by atoms with Gasteiger partial charge in [0.1, 0.15) is 0 Å². The molecule has 0 saturated heterocycles. The summed E-state index contributed by atoms with van der Waals surface area (Å²) in [7, 11) is 0. The van der Waals surface area contributed by atoms with E-state index < -0.39 is 0 Å². The summed E-state index contributed by atoms with van der Waals surface area (Å²) >= 11 is 0. The minimum absolute atomic E-state index is 0. The summed E-state index contributed by atoms with van der Waals surface area (Å²) in [5, 5.41) is 0. The molecule has 0 nitrogen and oxygen atoms in total. The van der Waals surface area contributed by atoms with Crippen LogP contribution in [-0.4, -0.2) is 0 Å². The van der Waals surface area contributed by atoms with E-state index in [9.17, 15) is 0 Å². The Morgan fingerprint density at radius 3 is 0.500 bits per heavy atom. The van der Waals surface area contributed by atoms with Gasteiger partial charge in [0.2, 0.25) is 0 Å². The third-order valence-electron chi connectivity index (χ3n) is 0. The molecule has 0 atom stereocenters. The second kappa shape index (κ2) is 16.3. The van der Waals surface area contributed by atoms with Gasteiger partial charge in [-0.25, -0.2) is 0 Å². The van der Waals surface area contributed by atoms with E-state index >= 15 is 0 Å². The van der Waals surface area contributed by atoms with Crippen molar-refractivity contribution in [3.05, 3.63) is 0 Å². The van der Waals surface area contributed by atoms with E-state index in [0.717, 1.165) is 0 Å². The molecular weight excluding hydrogens is 488 g/mol. The van der Waals surface area contributed by atoms with Gasteiger partial charge in [-0.3, -0.25) is 0 Å². The molecule has 0 heterocycles. The predicted molar refractivity (Wildman–Crippen MR) is 0 cm³/mol. The quantitative estimate of drug-likeness (QED) is 0.422. The molecule has 0 aliphatic heterocycles. The third kappa shape index (κ3) is 8.97. The first kappa shape index (κ1) is 26.9. The van der Waals surface area contributed by atoms with E-state index in [0.29, 0.717) is 0 Å². The molecule has 0 aliphatic carbocycles. The maximum Gasteiger partial charge on any atom is 0 e. The average Bonchev–Trinajstić information content (AvgIpc) is 0. The van der Waals surface area contributed by atoms with Gasteiger partial charge >= 0.3 is 0 Å². The maximum atomic E-state index is 0. The van der Waals surface area contributed by atoms with E-state index in [4.69, 9.17) is 0 Å². The van der Waals surface area contributed by atoms with Crippen LogP contribution in [0.5, 0.6) is 0 Å². The van der Waals surface area contributed by atoms with Gasteiger partial charge in [-0.1, -0.05) is 0 Å². The van der Waals surface area contributed by atoms with Gasteiger partial charge in [-0.2, -0.15) is 0 Å². The summed E-state index contributed by atoms with van der Waals surface area (Å²) < 4.78 is 0. The monoisotopic (exact) mass is 487 g/mol. The van der Waals surface area contributed by atoms with Crippen LogP contribution < -0.4 is 0 Å². The minimum atomic E-state index is 0. The zero-order valence-corrected chi connectivity index (χ0v) is 7.67. The fraction of sp³-hybridized carbons (Fsp3) is 0. The molecule has 43 valence electrons. The number of rotatable bonds is 0. The van der Waals surface area contributed by atoms with Crippen molar-refractivity contribution in [2.75, 3.05) is 0 Å². The standard InChI is InChI=1S/3Pd.Tm. The first-order chi connectivity index (χ1) is 0. The minimum Gasteiger partial charge on any atom is 0 e. The molecule has 0 bridgehead atoms. The fourth-order valence-corrected chi connectivity index (χ4v) is 0. The van der Waals surface area contributed by atoms with Crippen molar-refractivity contribution in [1.29, 1.82) is 0 Å². The van der Waals surface area contributed by atoms with Crippen LogP contribution in [0.2, 0.25) is 0 Å². The Bertz CT molecular complexity index is 3.25. The Hall–Kier alpha value is 3.22. The van der Waals surface area contributed by atoms with Crippen molar-refractivity contribution in [2.24, 2.45) is 0 Å². The van der Waals surface area contributed by atoms with Crippen LogP contribution in [0.4, 0.5) is 0 Å². The summed E-state index contributed by atoms with van der Waals surface area (Å²) in [6.45, 7) is 0. The Balaban J connectivity index is 0. The van der Waals surface area contributed by atoms with Gasteiger partial charge in [-0.15, -0.1) is 0 Å². The fourth-order valence-electron chi connectivity index (χ4n) is 0. The van der Waals surface area contributed by atoms with Gasteiger partial charge in [0.15, 0.2) is 0 Å². The molecule has 4 heavy (non-hydrogen) atoms. The normalized spacial score (nSPS) is 0. The zero-order chi connectivity index (χ0) is 0. The Morgan fingerprint density at radius 2 is 0.500 bits per heavy atom. The van der Waals surface area contributed by atoms with Gasteiger partial charge in [0, 0.05) is 98.1 Å². The predicted octanol–water partition coefficient (Wildman–Crippen LogP) is -0.00750.